The SMILES string of the molecule is Cc1c(C(F)(F)F)nn(C)c1NC(=O)CCl. The lowest BCUT2D eigenvalue weighted by Gasteiger charge is -2.05. The van der Waals surface area contributed by atoms with E-state index in [-0.39, 0.29) is 17.3 Å². The second kappa shape index (κ2) is 4.32. The smallest absolute Gasteiger partial charge is 0.310 e. The van der Waals surface area contributed by atoms with Crippen molar-refractivity contribution in [2.24, 2.45) is 7.05 Å². The summed E-state index contributed by atoms with van der Waals surface area (Å²) in [6.07, 6.45) is -4.54. The van der Waals surface area contributed by atoms with Gasteiger partial charge in [0.25, 0.3) is 0 Å². The molecule has 0 spiro atoms. The summed E-state index contributed by atoms with van der Waals surface area (Å²) in [5.41, 5.74) is -1.15. The molecule has 4 nitrogen and oxygen atoms in total. The minimum absolute atomic E-state index is 0.00187. The fourth-order valence-electron chi connectivity index (χ4n) is 1.24. The molecular weight excluding hydrogens is 247 g/mol. The van der Waals surface area contributed by atoms with E-state index < -0.39 is 17.8 Å². The van der Waals surface area contributed by atoms with Gasteiger partial charge in [-0.1, -0.05) is 0 Å². The van der Waals surface area contributed by atoms with Crippen molar-refractivity contribution in [2.45, 2.75) is 13.1 Å². The number of nitrogens with one attached hydrogen (secondary N) is 1. The number of alkyl halides is 4. The van der Waals surface area contributed by atoms with Crippen LogP contribution in [0.15, 0.2) is 0 Å². The zero-order valence-corrected chi connectivity index (χ0v) is 9.28. The van der Waals surface area contributed by atoms with Gasteiger partial charge in [0, 0.05) is 12.6 Å². The van der Waals surface area contributed by atoms with E-state index >= 15 is 0 Å². The van der Waals surface area contributed by atoms with Crippen molar-refractivity contribution in [1.29, 1.82) is 0 Å². The average Bonchev–Trinajstić information content (AvgIpc) is 2.44. The highest BCUT2D eigenvalue weighted by Gasteiger charge is 2.37. The molecule has 0 atom stereocenters. The summed E-state index contributed by atoms with van der Waals surface area (Å²) in [7, 11) is 1.31. The highest BCUT2D eigenvalue weighted by atomic mass is 35.5. The normalized spacial score (nSPS) is 11.6. The van der Waals surface area contributed by atoms with E-state index in [0.29, 0.717) is 0 Å². The van der Waals surface area contributed by atoms with Crippen LogP contribution in [0.1, 0.15) is 11.3 Å². The summed E-state index contributed by atoms with van der Waals surface area (Å²) in [4.78, 5) is 11.0. The number of carbonyl (C=O) groups is 1. The van der Waals surface area contributed by atoms with Crippen LogP contribution in [0.4, 0.5) is 19.0 Å². The Morgan fingerprint density at radius 2 is 2.12 bits per heavy atom. The number of carbonyl (C=O) groups excluding carboxylic acids is 1. The molecule has 1 aromatic heterocycles. The van der Waals surface area contributed by atoms with Gasteiger partial charge in [0.2, 0.25) is 5.91 Å². The van der Waals surface area contributed by atoms with Gasteiger partial charge in [-0.2, -0.15) is 18.3 Å². The van der Waals surface area contributed by atoms with Crippen LogP contribution in [0.2, 0.25) is 0 Å². The molecule has 16 heavy (non-hydrogen) atoms. The van der Waals surface area contributed by atoms with Crippen molar-refractivity contribution in [2.75, 3.05) is 11.2 Å². The Labute approximate surface area is 94.4 Å². The Bertz CT molecular complexity index is 413. The molecule has 1 aromatic rings. The number of anilines is 1. The molecule has 0 fully saturated rings. The first-order valence-corrected chi connectivity index (χ1v) is 4.77. The van der Waals surface area contributed by atoms with Gasteiger partial charge in [0.1, 0.15) is 11.7 Å². The molecule has 0 unspecified atom stereocenters. The predicted octanol–water partition coefficient (Wildman–Crippen LogP) is 1.92. The molecule has 90 valence electrons. The summed E-state index contributed by atoms with van der Waals surface area (Å²) < 4.78 is 38.3. The fraction of sp³-hybridized carbons (Fsp3) is 0.500. The number of nitrogens with zero attached hydrogens (tertiary/aromatic N) is 2. The van der Waals surface area contributed by atoms with Crippen molar-refractivity contribution in [1.82, 2.24) is 9.78 Å². The highest BCUT2D eigenvalue weighted by molar-refractivity contribution is 6.29. The minimum Gasteiger partial charge on any atom is -0.310 e. The lowest BCUT2D eigenvalue weighted by Crippen LogP contribution is -2.15. The first kappa shape index (κ1) is 12.8. The summed E-state index contributed by atoms with van der Waals surface area (Å²) in [5.74, 6) is -0.911. The fourth-order valence-corrected chi connectivity index (χ4v) is 1.31. The van der Waals surface area contributed by atoms with Crippen LogP contribution in [0.5, 0.6) is 0 Å². The van der Waals surface area contributed by atoms with E-state index in [1.807, 2.05) is 0 Å². The van der Waals surface area contributed by atoms with Crippen LogP contribution < -0.4 is 5.32 Å². The third-order valence-electron chi connectivity index (χ3n) is 1.93. The summed E-state index contributed by atoms with van der Waals surface area (Å²) in [5, 5.41) is 5.55. The van der Waals surface area contributed by atoms with Crippen LogP contribution in [0.25, 0.3) is 0 Å². The van der Waals surface area contributed by atoms with Gasteiger partial charge >= 0.3 is 6.18 Å². The molecule has 0 radical (unpaired) electrons. The first-order chi connectivity index (χ1) is 7.27. The van der Waals surface area contributed by atoms with Gasteiger partial charge in [-0.25, -0.2) is 0 Å². The van der Waals surface area contributed by atoms with Crippen LogP contribution in [-0.2, 0) is 18.0 Å². The number of aromatic nitrogens is 2. The predicted molar refractivity (Wildman–Crippen MR) is 52.3 cm³/mol. The maximum absolute atomic E-state index is 12.4. The summed E-state index contributed by atoms with van der Waals surface area (Å²) in [6.45, 7) is 1.24. The van der Waals surface area contributed by atoms with E-state index in [9.17, 15) is 18.0 Å². The van der Waals surface area contributed by atoms with Crippen LogP contribution in [-0.4, -0.2) is 21.6 Å². The van der Waals surface area contributed by atoms with Crippen molar-refractivity contribution in [3.8, 4) is 0 Å². The van der Waals surface area contributed by atoms with Crippen molar-refractivity contribution in [3.05, 3.63) is 11.3 Å². The molecule has 8 heteroatoms. The largest absolute Gasteiger partial charge is 0.435 e. The third-order valence-corrected chi connectivity index (χ3v) is 2.17. The van der Waals surface area contributed by atoms with Crippen LogP contribution >= 0.6 is 11.6 Å². The second-order valence-corrected chi connectivity index (χ2v) is 3.39. The number of rotatable bonds is 2. The quantitative estimate of drug-likeness (QED) is 0.821. The number of hydrogen-bond acceptors (Lipinski definition) is 2. The molecule has 0 saturated heterocycles. The zero-order chi connectivity index (χ0) is 12.5. The van der Waals surface area contributed by atoms with Gasteiger partial charge in [-0.15, -0.1) is 11.6 Å². The molecular formula is C8H9ClF3N3O. The van der Waals surface area contributed by atoms with E-state index in [4.69, 9.17) is 11.6 Å². The van der Waals surface area contributed by atoms with Crippen LogP contribution in [0, 0.1) is 6.92 Å². The second-order valence-electron chi connectivity index (χ2n) is 3.13. The van der Waals surface area contributed by atoms with Gasteiger partial charge in [0.15, 0.2) is 5.69 Å². The zero-order valence-electron chi connectivity index (χ0n) is 8.52. The Hall–Kier alpha value is -1.24. The van der Waals surface area contributed by atoms with E-state index in [2.05, 4.69) is 10.4 Å². The maximum Gasteiger partial charge on any atom is 0.435 e. The number of hydrogen-bond donors (Lipinski definition) is 1. The van der Waals surface area contributed by atoms with Gasteiger partial charge < -0.3 is 5.32 Å². The molecule has 0 saturated carbocycles. The molecule has 0 aliphatic carbocycles. The van der Waals surface area contributed by atoms with Gasteiger partial charge in [0.05, 0.1) is 0 Å². The van der Waals surface area contributed by atoms with Crippen molar-refractivity contribution < 1.29 is 18.0 Å². The van der Waals surface area contributed by atoms with Gasteiger partial charge in [-0.3, -0.25) is 9.48 Å². The Balaban J connectivity index is 3.13. The standard InChI is InChI=1S/C8H9ClF3N3O/c1-4-6(8(10,11)12)14-15(2)7(4)13-5(16)3-9/h3H2,1-2H3,(H,13,16). The van der Waals surface area contributed by atoms with Gasteiger partial charge in [-0.05, 0) is 6.92 Å². The van der Waals surface area contributed by atoms with E-state index in [1.165, 1.54) is 14.0 Å². The Morgan fingerprint density at radius 1 is 1.56 bits per heavy atom. The molecule has 0 aromatic carbocycles. The number of halogens is 4. The minimum atomic E-state index is -4.54. The van der Waals surface area contributed by atoms with Crippen molar-refractivity contribution in [3.63, 3.8) is 0 Å². The topological polar surface area (TPSA) is 46.9 Å². The molecule has 1 rings (SSSR count). The number of amides is 1. The highest BCUT2D eigenvalue weighted by Crippen LogP contribution is 2.33. The Morgan fingerprint density at radius 3 is 2.50 bits per heavy atom. The van der Waals surface area contributed by atoms with Crippen LogP contribution in [0.3, 0.4) is 0 Å². The monoisotopic (exact) mass is 255 g/mol. The molecule has 1 heterocycles. The molecule has 0 aliphatic rings. The first-order valence-electron chi connectivity index (χ1n) is 4.24. The lowest BCUT2D eigenvalue weighted by molar-refractivity contribution is -0.141. The summed E-state index contributed by atoms with van der Waals surface area (Å²) >= 11 is 5.24. The average molecular weight is 256 g/mol. The third kappa shape index (κ3) is 2.46. The molecule has 1 amide bonds. The maximum atomic E-state index is 12.4. The van der Waals surface area contributed by atoms with Crippen molar-refractivity contribution >= 4 is 23.3 Å². The molecule has 1 N–H and O–H groups in total. The number of aryl methyl sites for hydroxylation is 1. The van der Waals surface area contributed by atoms with E-state index in [0.717, 1.165) is 4.68 Å². The molecule has 0 bridgehead atoms. The summed E-state index contributed by atoms with van der Waals surface area (Å²) in [6, 6.07) is 0. The van der Waals surface area contributed by atoms with E-state index in [1.54, 1.807) is 0 Å². The lowest BCUT2D eigenvalue weighted by atomic mass is 10.2. The molecule has 0 aliphatic heterocycles. The Kier molecular flexibility index (Phi) is 3.47.